The Morgan fingerprint density at radius 3 is 2.52 bits per heavy atom. The van der Waals surface area contributed by atoms with E-state index in [2.05, 4.69) is 15.9 Å². The Hall–Kier alpha value is -3.49. The van der Waals surface area contributed by atoms with Crippen LogP contribution in [-0.2, 0) is 6.42 Å². The summed E-state index contributed by atoms with van der Waals surface area (Å²) in [6.45, 7) is 7.65. The summed E-state index contributed by atoms with van der Waals surface area (Å²) >= 11 is 1.15. The number of benzene rings is 2. The van der Waals surface area contributed by atoms with Crippen LogP contribution in [0.25, 0.3) is 26.1 Å². The number of nitrogens with zero attached hydrogens (tertiary/aromatic N) is 2. The van der Waals surface area contributed by atoms with Gasteiger partial charge < -0.3 is 5.11 Å². The molecule has 130 valence electrons. The fourth-order valence-corrected chi connectivity index (χ4v) is 4.27. The fraction of sp³-hybridized carbons (Fsp3) is 0.0455. The second-order valence-corrected chi connectivity index (χ2v) is 7.12. The van der Waals surface area contributed by atoms with Gasteiger partial charge in [0.05, 0.1) is 6.57 Å². The van der Waals surface area contributed by atoms with Crippen LogP contribution in [0.2, 0.25) is 0 Å². The maximum atomic E-state index is 11.8. The highest BCUT2D eigenvalue weighted by atomic mass is 32.1. The second kappa shape index (κ2) is 7.02. The van der Waals surface area contributed by atoms with E-state index in [9.17, 15) is 9.90 Å². The summed E-state index contributed by atoms with van der Waals surface area (Å²) in [5.41, 5.74) is 2.79. The number of hydrogen-bond acceptors (Lipinski definition) is 3. The van der Waals surface area contributed by atoms with Crippen molar-refractivity contribution in [3.8, 4) is 10.4 Å². The van der Waals surface area contributed by atoms with Gasteiger partial charge in [-0.3, -0.25) is 4.98 Å². The molecule has 4 nitrogen and oxygen atoms in total. The molecule has 4 rings (SSSR count). The van der Waals surface area contributed by atoms with Gasteiger partial charge in [0.2, 0.25) is 5.69 Å². The molecule has 0 unspecified atom stereocenters. The summed E-state index contributed by atoms with van der Waals surface area (Å²) < 4.78 is 0. The number of aromatic carboxylic acids is 1. The Bertz CT molecular complexity index is 1190. The Labute approximate surface area is 160 Å². The monoisotopic (exact) mass is 370 g/mol. The maximum absolute atomic E-state index is 11.8. The topological polar surface area (TPSA) is 54.5 Å². The smallest absolute Gasteiger partial charge is 0.344 e. The Balaban J connectivity index is 1.84. The third kappa shape index (κ3) is 3.19. The van der Waals surface area contributed by atoms with Crippen LogP contribution in [0, 0.1) is 6.57 Å². The zero-order chi connectivity index (χ0) is 18.8. The molecule has 0 saturated carbocycles. The van der Waals surface area contributed by atoms with Gasteiger partial charge in [0.1, 0.15) is 4.88 Å². The van der Waals surface area contributed by atoms with E-state index in [0.29, 0.717) is 22.5 Å². The molecule has 0 saturated heterocycles. The lowest BCUT2D eigenvalue weighted by Gasteiger charge is -2.05. The van der Waals surface area contributed by atoms with Crippen LogP contribution < -0.4 is 0 Å². The van der Waals surface area contributed by atoms with E-state index in [0.717, 1.165) is 33.2 Å². The second-order valence-electron chi connectivity index (χ2n) is 6.10. The lowest BCUT2D eigenvalue weighted by Crippen LogP contribution is -1.98. The van der Waals surface area contributed by atoms with Crippen LogP contribution in [0.15, 0.2) is 67.0 Å². The van der Waals surface area contributed by atoms with E-state index in [1.165, 1.54) is 0 Å². The molecule has 0 bridgehead atoms. The van der Waals surface area contributed by atoms with Gasteiger partial charge in [0.15, 0.2) is 0 Å². The average molecular weight is 370 g/mol. The molecule has 0 fully saturated rings. The first-order valence-electron chi connectivity index (χ1n) is 8.32. The Kier molecular flexibility index (Phi) is 4.41. The van der Waals surface area contributed by atoms with Gasteiger partial charge >= 0.3 is 5.97 Å². The summed E-state index contributed by atoms with van der Waals surface area (Å²) in [4.78, 5) is 20.4. The third-order valence-corrected chi connectivity index (χ3v) is 5.68. The molecule has 0 aliphatic rings. The normalized spacial score (nSPS) is 10.6. The van der Waals surface area contributed by atoms with Crippen molar-refractivity contribution in [3.63, 3.8) is 0 Å². The largest absolute Gasteiger partial charge is 0.477 e. The van der Waals surface area contributed by atoms with Gasteiger partial charge in [-0.25, -0.2) is 9.64 Å². The van der Waals surface area contributed by atoms with Gasteiger partial charge in [0.25, 0.3) is 0 Å². The summed E-state index contributed by atoms with van der Waals surface area (Å²) in [6.07, 6.45) is 3.70. The van der Waals surface area contributed by atoms with Crippen LogP contribution in [0.5, 0.6) is 0 Å². The molecule has 2 heterocycles. The number of carboxylic acids is 1. The highest BCUT2D eigenvalue weighted by Gasteiger charge is 2.23. The predicted molar refractivity (Wildman–Crippen MR) is 108 cm³/mol. The van der Waals surface area contributed by atoms with Crippen molar-refractivity contribution in [1.82, 2.24) is 4.98 Å². The lowest BCUT2D eigenvalue weighted by atomic mass is 9.99. The molecule has 5 heteroatoms. The van der Waals surface area contributed by atoms with Crippen molar-refractivity contribution < 1.29 is 9.90 Å². The van der Waals surface area contributed by atoms with Crippen LogP contribution in [-0.4, -0.2) is 16.1 Å². The minimum Gasteiger partial charge on any atom is -0.477 e. The molecule has 0 aliphatic carbocycles. The summed E-state index contributed by atoms with van der Waals surface area (Å²) in [6, 6.07) is 17.7. The van der Waals surface area contributed by atoms with Gasteiger partial charge in [0, 0.05) is 17.3 Å². The molecule has 0 spiro atoms. The van der Waals surface area contributed by atoms with E-state index in [4.69, 9.17) is 6.57 Å². The van der Waals surface area contributed by atoms with Crippen LogP contribution in [0.3, 0.4) is 0 Å². The SMILES string of the molecule is [C-]#[N+]c1c(-c2ccncc2)sc(C(=O)O)c1Cc1ccc2ccccc2c1. The van der Waals surface area contributed by atoms with Gasteiger partial charge in [-0.15, -0.1) is 11.3 Å². The predicted octanol–water partition coefficient (Wildman–Crippen LogP) is 5.80. The number of fused-ring (bicyclic) bond motifs is 1. The fourth-order valence-electron chi connectivity index (χ4n) is 3.16. The molecular weight excluding hydrogens is 356 g/mol. The van der Waals surface area contributed by atoms with E-state index in [1.54, 1.807) is 24.5 Å². The number of hydrogen-bond donors (Lipinski definition) is 1. The molecule has 0 amide bonds. The highest BCUT2D eigenvalue weighted by molar-refractivity contribution is 7.18. The summed E-state index contributed by atoms with van der Waals surface area (Å²) in [7, 11) is 0. The van der Waals surface area contributed by atoms with E-state index in [-0.39, 0.29) is 4.88 Å². The van der Waals surface area contributed by atoms with Crippen molar-refractivity contribution in [3.05, 3.63) is 94.4 Å². The lowest BCUT2D eigenvalue weighted by molar-refractivity contribution is 0.0701. The highest BCUT2D eigenvalue weighted by Crippen LogP contribution is 2.44. The van der Waals surface area contributed by atoms with E-state index >= 15 is 0 Å². The maximum Gasteiger partial charge on any atom is 0.344 e. The van der Waals surface area contributed by atoms with Crippen molar-refractivity contribution in [2.24, 2.45) is 0 Å². The van der Waals surface area contributed by atoms with Gasteiger partial charge in [-0.1, -0.05) is 42.5 Å². The Morgan fingerprint density at radius 2 is 1.81 bits per heavy atom. The third-order valence-electron chi connectivity index (χ3n) is 4.42. The first-order chi connectivity index (χ1) is 13.2. The first kappa shape index (κ1) is 17.0. The zero-order valence-electron chi connectivity index (χ0n) is 14.2. The molecule has 0 atom stereocenters. The number of aromatic nitrogens is 1. The van der Waals surface area contributed by atoms with Gasteiger partial charge in [-0.05, 0) is 46.0 Å². The van der Waals surface area contributed by atoms with Crippen molar-refractivity contribution >= 4 is 33.8 Å². The van der Waals surface area contributed by atoms with E-state index in [1.807, 2.05) is 36.4 Å². The molecule has 1 N–H and O–H groups in total. The zero-order valence-corrected chi connectivity index (χ0v) is 15.0. The molecule has 2 aromatic heterocycles. The average Bonchev–Trinajstić information content (AvgIpc) is 3.07. The number of rotatable bonds is 4. The van der Waals surface area contributed by atoms with Crippen LogP contribution in [0.4, 0.5) is 5.69 Å². The molecule has 4 aromatic rings. The summed E-state index contributed by atoms with van der Waals surface area (Å²) in [5.74, 6) is -0.999. The first-order valence-corrected chi connectivity index (χ1v) is 9.13. The van der Waals surface area contributed by atoms with Gasteiger partial charge in [-0.2, -0.15) is 0 Å². The van der Waals surface area contributed by atoms with Crippen LogP contribution in [0.1, 0.15) is 20.8 Å². The van der Waals surface area contributed by atoms with Crippen molar-refractivity contribution in [2.45, 2.75) is 6.42 Å². The van der Waals surface area contributed by atoms with Crippen molar-refractivity contribution in [2.75, 3.05) is 0 Å². The summed E-state index contributed by atoms with van der Waals surface area (Å²) in [5, 5.41) is 11.9. The minimum atomic E-state index is -0.999. The molecular formula is C22H14N2O2S. The van der Waals surface area contributed by atoms with Crippen molar-refractivity contribution in [1.29, 1.82) is 0 Å². The standard InChI is InChI=1S/C22H14N2O2S/c1-23-19-18(13-14-6-7-15-4-2-3-5-17(15)12-14)21(22(25)26)27-20(19)16-8-10-24-11-9-16/h2-12H,13H2,(H,25,26). The number of carboxylic acid groups (broad SMARTS) is 1. The molecule has 2 aromatic carbocycles. The quantitative estimate of drug-likeness (QED) is 0.462. The van der Waals surface area contributed by atoms with E-state index < -0.39 is 5.97 Å². The molecule has 0 aliphatic heterocycles. The van der Waals surface area contributed by atoms with Crippen LogP contribution >= 0.6 is 11.3 Å². The number of thiophene rings is 1. The Morgan fingerprint density at radius 1 is 1.07 bits per heavy atom. The number of carbonyl (C=O) groups is 1. The molecule has 0 radical (unpaired) electrons. The molecule has 27 heavy (non-hydrogen) atoms. The minimum absolute atomic E-state index is 0.223. The number of pyridine rings is 1.